The zero-order valence-corrected chi connectivity index (χ0v) is 12.3. The third kappa shape index (κ3) is 6.94. The molecule has 0 atom stereocenters. The van der Waals surface area contributed by atoms with E-state index < -0.39 is 0 Å². The second kappa shape index (κ2) is 9.14. The number of hydrogen-bond donors (Lipinski definition) is 2. The normalized spacial score (nSPS) is 10.4. The first-order valence-corrected chi connectivity index (χ1v) is 6.74. The number of nitrogens with one attached hydrogen (secondary N) is 2. The Hall–Kier alpha value is -1.82. The Kier molecular flexibility index (Phi) is 7.42. The maximum Gasteiger partial charge on any atom is 0.315 e. The van der Waals surface area contributed by atoms with E-state index >= 15 is 0 Å². The molecule has 1 aromatic rings. The number of methoxy groups -OCH3 is 1. The maximum atomic E-state index is 11.6. The van der Waals surface area contributed by atoms with E-state index in [1.165, 1.54) is 0 Å². The summed E-state index contributed by atoms with van der Waals surface area (Å²) in [5.41, 5.74) is 0.940. The first kappa shape index (κ1) is 16.2. The van der Waals surface area contributed by atoms with Gasteiger partial charge in [-0.2, -0.15) is 0 Å². The van der Waals surface area contributed by atoms with Crippen molar-refractivity contribution in [3.05, 3.63) is 23.9 Å². The molecule has 0 unspecified atom stereocenters. The third-order valence-electron chi connectivity index (χ3n) is 2.52. The molecule has 0 aliphatic rings. The summed E-state index contributed by atoms with van der Waals surface area (Å²) >= 11 is 0. The topological polar surface area (TPSA) is 72.5 Å². The molecule has 0 saturated carbocycles. The molecule has 0 saturated heterocycles. The number of amides is 2. The first-order chi connectivity index (χ1) is 9.61. The zero-order chi connectivity index (χ0) is 14.8. The van der Waals surface area contributed by atoms with E-state index in [0.29, 0.717) is 25.6 Å². The van der Waals surface area contributed by atoms with Gasteiger partial charge in [0.2, 0.25) is 5.88 Å². The number of pyridine rings is 1. The standard InChI is InChI=1S/C14H23N3O3/c1-11(2)20-8-4-6-16-14(18)17-10-12-5-7-15-13(9-12)19-3/h5,7,9,11H,4,6,8,10H2,1-3H3,(H2,16,17,18). The average molecular weight is 281 g/mol. The highest BCUT2D eigenvalue weighted by Gasteiger charge is 2.01. The van der Waals surface area contributed by atoms with Gasteiger partial charge in [0.15, 0.2) is 0 Å². The molecular weight excluding hydrogens is 258 g/mol. The summed E-state index contributed by atoms with van der Waals surface area (Å²) in [5, 5.41) is 5.55. The number of rotatable bonds is 8. The predicted molar refractivity (Wildman–Crippen MR) is 76.7 cm³/mol. The van der Waals surface area contributed by atoms with Crippen LogP contribution in [0.2, 0.25) is 0 Å². The highest BCUT2D eigenvalue weighted by Crippen LogP contribution is 2.07. The molecule has 0 spiro atoms. The van der Waals surface area contributed by atoms with E-state index in [2.05, 4.69) is 15.6 Å². The number of carbonyl (C=O) groups excluding carboxylic acids is 1. The van der Waals surface area contributed by atoms with Crippen LogP contribution < -0.4 is 15.4 Å². The molecule has 1 heterocycles. The van der Waals surface area contributed by atoms with Gasteiger partial charge in [0, 0.05) is 32.0 Å². The lowest BCUT2D eigenvalue weighted by molar-refractivity contribution is 0.0774. The average Bonchev–Trinajstić information content (AvgIpc) is 2.44. The number of ether oxygens (including phenoxy) is 2. The van der Waals surface area contributed by atoms with E-state index in [1.807, 2.05) is 19.9 Å². The van der Waals surface area contributed by atoms with Crippen molar-refractivity contribution in [1.82, 2.24) is 15.6 Å². The van der Waals surface area contributed by atoms with Crippen molar-refractivity contribution in [3.8, 4) is 5.88 Å². The van der Waals surface area contributed by atoms with Crippen LogP contribution in [-0.2, 0) is 11.3 Å². The van der Waals surface area contributed by atoms with Crippen LogP contribution in [0, 0.1) is 0 Å². The van der Waals surface area contributed by atoms with Crippen LogP contribution >= 0.6 is 0 Å². The molecule has 1 rings (SSSR count). The van der Waals surface area contributed by atoms with Crippen LogP contribution in [0.5, 0.6) is 5.88 Å². The number of urea groups is 1. The van der Waals surface area contributed by atoms with Crippen molar-refractivity contribution < 1.29 is 14.3 Å². The summed E-state index contributed by atoms with van der Waals surface area (Å²) < 4.78 is 10.4. The van der Waals surface area contributed by atoms with Crippen LogP contribution in [0.15, 0.2) is 18.3 Å². The zero-order valence-electron chi connectivity index (χ0n) is 12.3. The molecule has 112 valence electrons. The van der Waals surface area contributed by atoms with E-state index in [9.17, 15) is 4.79 Å². The summed E-state index contributed by atoms with van der Waals surface area (Å²) in [5.74, 6) is 0.538. The summed E-state index contributed by atoms with van der Waals surface area (Å²) in [6.45, 7) is 5.66. The van der Waals surface area contributed by atoms with Crippen molar-refractivity contribution >= 4 is 6.03 Å². The molecule has 2 N–H and O–H groups in total. The Morgan fingerprint density at radius 1 is 1.40 bits per heavy atom. The van der Waals surface area contributed by atoms with Crippen molar-refractivity contribution in [2.45, 2.75) is 32.9 Å². The van der Waals surface area contributed by atoms with Crippen molar-refractivity contribution in [2.24, 2.45) is 0 Å². The number of aromatic nitrogens is 1. The molecule has 2 amide bonds. The van der Waals surface area contributed by atoms with Crippen molar-refractivity contribution in [3.63, 3.8) is 0 Å². The van der Waals surface area contributed by atoms with E-state index in [0.717, 1.165) is 12.0 Å². The van der Waals surface area contributed by atoms with Gasteiger partial charge < -0.3 is 20.1 Å². The largest absolute Gasteiger partial charge is 0.481 e. The minimum absolute atomic E-state index is 0.190. The first-order valence-electron chi connectivity index (χ1n) is 6.74. The summed E-state index contributed by atoms with van der Waals surface area (Å²) in [6, 6.07) is 3.43. The summed E-state index contributed by atoms with van der Waals surface area (Å²) in [6.07, 6.45) is 2.68. The Labute approximate surface area is 119 Å². The SMILES string of the molecule is COc1cc(CNC(=O)NCCCOC(C)C)ccn1. The molecule has 0 radical (unpaired) electrons. The highest BCUT2D eigenvalue weighted by molar-refractivity contribution is 5.73. The smallest absolute Gasteiger partial charge is 0.315 e. The van der Waals surface area contributed by atoms with Crippen molar-refractivity contribution in [2.75, 3.05) is 20.3 Å². The summed E-state index contributed by atoms with van der Waals surface area (Å²) in [7, 11) is 1.56. The third-order valence-corrected chi connectivity index (χ3v) is 2.52. The lowest BCUT2D eigenvalue weighted by Gasteiger charge is -2.09. The molecule has 0 aromatic carbocycles. The molecule has 6 heteroatoms. The molecule has 6 nitrogen and oxygen atoms in total. The lowest BCUT2D eigenvalue weighted by atomic mass is 10.2. The second-order valence-electron chi connectivity index (χ2n) is 4.59. The molecule has 0 bridgehead atoms. The fraction of sp³-hybridized carbons (Fsp3) is 0.571. The molecule has 20 heavy (non-hydrogen) atoms. The quantitative estimate of drug-likeness (QED) is 0.711. The molecule has 1 aromatic heterocycles. The van der Waals surface area contributed by atoms with Crippen LogP contribution in [0.3, 0.4) is 0 Å². The number of nitrogens with zero attached hydrogens (tertiary/aromatic N) is 1. The Morgan fingerprint density at radius 2 is 2.20 bits per heavy atom. The van der Waals surface area contributed by atoms with Gasteiger partial charge in [0.25, 0.3) is 0 Å². The van der Waals surface area contributed by atoms with Crippen LogP contribution in [0.1, 0.15) is 25.8 Å². The van der Waals surface area contributed by atoms with Crippen molar-refractivity contribution in [1.29, 1.82) is 0 Å². The Balaban J connectivity index is 2.16. The second-order valence-corrected chi connectivity index (χ2v) is 4.59. The minimum Gasteiger partial charge on any atom is -0.481 e. The van der Waals surface area contributed by atoms with Gasteiger partial charge in [-0.15, -0.1) is 0 Å². The van der Waals surface area contributed by atoms with Gasteiger partial charge in [0.1, 0.15) is 0 Å². The van der Waals surface area contributed by atoms with Gasteiger partial charge in [-0.3, -0.25) is 0 Å². The fourth-order valence-corrected chi connectivity index (χ4v) is 1.51. The van der Waals surface area contributed by atoms with E-state index in [4.69, 9.17) is 9.47 Å². The van der Waals surface area contributed by atoms with Gasteiger partial charge in [-0.1, -0.05) is 0 Å². The lowest BCUT2D eigenvalue weighted by Crippen LogP contribution is -2.35. The Morgan fingerprint density at radius 3 is 2.90 bits per heavy atom. The van der Waals surface area contributed by atoms with Gasteiger partial charge in [-0.25, -0.2) is 9.78 Å². The van der Waals surface area contributed by atoms with E-state index in [1.54, 1.807) is 19.4 Å². The molecular formula is C14H23N3O3. The molecule has 0 fully saturated rings. The fourth-order valence-electron chi connectivity index (χ4n) is 1.51. The predicted octanol–water partition coefficient (Wildman–Crippen LogP) is 1.70. The maximum absolute atomic E-state index is 11.6. The number of carbonyl (C=O) groups is 1. The number of hydrogen-bond acceptors (Lipinski definition) is 4. The van der Waals surface area contributed by atoms with Crippen LogP contribution in [0.4, 0.5) is 4.79 Å². The molecule has 0 aliphatic heterocycles. The minimum atomic E-state index is -0.190. The van der Waals surface area contributed by atoms with Gasteiger partial charge >= 0.3 is 6.03 Å². The molecule has 0 aliphatic carbocycles. The Bertz CT molecular complexity index is 410. The van der Waals surface area contributed by atoms with Gasteiger partial charge in [-0.05, 0) is 31.9 Å². The summed E-state index contributed by atoms with van der Waals surface area (Å²) in [4.78, 5) is 15.6. The van der Waals surface area contributed by atoms with Crippen LogP contribution in [0.25, 0.3) is 0 Å². The van der Waals surface area contributed by atoms with Crippen LogP contribution in [-0.4, -0.2) is 37.4 Å². The highest BCUT2D eigenvalue weighted by atomic mass is 16.5. The van der Waals surface area contributed by atoms with E-state index in [-0.39, 0.29) is 12.1 Å². The van der Waals surface area contributed by atoms with Gasteiger partial charge in [0.05, 0.1) is 13.2 Å². The monoisotopic (exact) mass is 281 g/mol.